The summed E-state index contributed by atoms with van der Waals surface area (Å²) in [4.78, 5) is 28.9. The zero-order valence-electron chi connectivity index (χ0n) is 16.2. The Balaban J connectivity index is 1.52. The van der Waals surface area contributed by atoms with Gasteiger partial charge in [0.2, 0.25) is 11.8 Å². The first-order valence-electron chi connectivity index (χ1n) is 10.4. The van der Waals surface area contributed by atoms with Gasteiger partial charge in [-0.2, -0.15) is 0 Å². The predicted octanol–water partition coefficient (Wildman–Crippen LogP) is 4.11. The van der Waals surface area contributed by atoms with Crippen molar-refractivity contribution in [1.29, 1.82) is 0 Å². The van der Waals surface area contributed by atoms with Gasteiger partial charge >= 0.3 is 0 Å². The molecule has 5 heteroatoms. The van der Waals surface area contributed by atoms with Crippen molar-refractivity contribution >= 4 is 23.2 Å². The average Bonchev–Trinajstić information content (AvgIpc) is 3.21. The zero-order chi connectivity index (χ0) is 19.3. The molecule has 2 amide bonds. The standard InChI is InChI=1S/C23H28N2O2S/c26-22-19(15-18-9-4-5-10-20(18)21-11-6-14-28-21)16-25(13-12-24-22)23(27)17-7-2-1-3-8-17/h4-6,9-11,14,17,19H,1-3,7-8,12-13,15-16H2,(H,24,26)/t19-/m1/s1. The van der Waals surface area contributed by atoms with Gasteiger partial charge in [-0.25, -0.2) is 0 Å². The maximum absolute atomic E-state index is 13.1. The molecule has 1 N–H and O–H groups in total. The van der Waals surface area contributed by atoms with Gasteiger partial charge in [0, 0.05) is 30.4 Å². The van der Waals surface area contributed by atoms with Crippen LogP contribution in [-0.2, 0) is 16.0 Å². The average molecular weight is 397 g/mol. The number of carbonyl (C=O) groups excluding carboxylic acids is 2. The van der Waals surface area contributed by atoms with E-state index >= 15 is 0 Å². The van der Waals surface area contributed by atoms with E-state index in [2.05, 4.69) is 35.0 Å². The summed E-state index contributed by atoms with van der Waals surface area (Å²) in [5, 5.41) is 5.11. The van der Waals surface area contributed by atoms with Gasteiger partial charge < -0.3 is 10.2 Å². The maximum Gasteiger partial charge on any atom is 0.225 e. The second-order valence-electron chi connectivity index (χ2n) is 7.95. The molecular weight excluding hydrogens is 368 g/mol. The van der Waals surface area contributed by atoms with E-state index in [1.54, 1.807) is 11.3 Å². The molecule has 1 atom stereocenters. The third kappa shape index (κ3) is 4.30. The Morgan fingerprint density at radius 3 is 2.71 bits per heavy atom. The van der Waals surface area contributed by atoms with Crippen LogP contribution < -0.4 is 5.32 Å². The van der Waals surface area contributed by atoms with E-state index in [1.807, 2.05) is 17.0 Å². The molecule has 1 aromatic heterocycles. The molecule has 1 aromatic carbocycles. The fraction of sp³-hybridized carbons (Fsp3) is 0.478. The van der Waals surface area contributed by atoms with Crippen molar-refractivity contribution in [1.82, 2.24) is 10.2 Å². The van der Waals surface area contributed by atoms with Crippen LogP contribution in [0.2, 0.25) is 0 Å². The van der Waals surface area contributed by atoms with Gasteiger partial charge in [0.15, 0.2) is 0 Å². The second-order valence-corrected chi connectivity index (χ2v) is 8.89. The molecule has 0 spiro atoms. The zero-order valence-corrected chi connectivity index (χ0v) is 17.0. The van der Waals surface area contributed by atoms with Crippen LogP contribution in [0.1, 0.15) is 37.7 Å². The SMILES string of the molecule is O=C1NCCN(C(=O)C2CCCCC2)C[C@H]1Cc1ccccc1-c1cccs1. The molecule has 0 unspecified atom stereocenters. The van der Waals surface area contributed by atoms with Gasteiger partial charge in [-0.05, 0) is 41.8 Å². The highest BCUT2D eigenvalue weighted by Gasteiger charge is 2.32. The lowest BCUT2D eigenvalue weighted by atomic mass is 9.87. The van der Waals surface area contributed by atoms with Gasteiger partial charge in [-0.1, -0.05) is 49.6 Å². The summed E-state index contributed by atoms with van der Waals surface area (Å²) in [6.07, 6.45) is 6.21. The summed E-state index contributed by atoms with van der Waals surface area (Å²) in [5.74, 6) is 0.282. The summed E-state index contributed by atoms with van der Waals surface area (Å²) in [7, 11) is 0. The summed E-state index contributed by atoms with van der Waals surface area (Å²) in [6, 6.07) is 12.5. The van der Waals surface area contributed by atoms with E-state index in [0.717, 1.165) is 25.7 Å². The van der Waals surface area contributed by atoms with Gasteiger partial charge in [0.05, 0.1) is 5.92 Å². The normalized spacial score (nSPS) is 21.2. The van der Waals surface area contributed by atoms with Crippen molar-refractivity contribution in [2.24, 2.45) is 11.8 Å². The number of nitrogens with one attached hydrogen (secondary N) is 1. The predicted molar refractivity (Wildman–Crippen MR) is 113 cm³/mol. The lowest BCUT2D eigenvalue weighted by Crippen LogP contribution is -2.41. The molecule has 148 valence electrons. The third-order valence-electron chi connectivity index (χ3n) is 6.03. The minimum atomic E-state index is -0.198. The van der Waals surface area contributed by atoms with Gasteiger partial charge in [-0.3, -0.25) is 9.59 Å². The first kappa shape index (κ1) is 19.2. The summed E-state index contributed by atoms with van der Waals surface area (Å²) in [5.41, 5.74) is 2.37. The number of rotatable bonds is 4. The van der Waals surface area contributed by atoms with Crippen LogP contribution in [0.15, 0.2) is 41.8 Å². The molecule has 28 heavy (non-hydrogen) atoms. The Kier molecular flexibility index (Phi) is 6.10. The molecule has 4 rings (SSSR count). The second kappa shape index (κ2) is 8.91. The first-order chi connectivity index (χ1) is 13.7. The van der Waals surface area contributed by atoms with Gasteiger partial charge in [0.1, 0.15) is 0 Å². The van der Waals surface area contributed by atoms with E-state index in [9.17, 15) is 9.59 Å². The molecule has 2 fully saturated rings. The minimum absolute atomic E-state index is 0.0694. The number of thiophene rings is 1. The van der Waals surface area contributed by atoms with Crippen LogP contribution in [-0.4, -0.2) is 36.3 Å². The molecule has 1 saturated heterocycles. The largest absolute Gasteiger partial charge is 0.354 e. The smallest absolute Gasteiger partial charge is 0.225 e. The van der Waals surface area contributed by atoms with Crippen molar-refractivity contribution in [3.8, 4) is 10.4 Å². The fourth-order valence-electron chi connectivity index (χ4n) is 4.50. The fourth-order valence-corrected chi connectivity index (χ4v) is 5.29. The number of hydrogen-bond acceptors (Lipinski definition) is 3. The molecule has 2 aliphatic rings. The Hall–Kier alpha value is -2.14. The summed E-state index contributed by atoms with van der Waals surface area (Å²) in [6.45, 7) is 1.71. The number of hydrogen-bond donors (Lipinski definition) is 1. The number of carbonyl (C=O) groups is 2. The number of amides is 2. The van der Waals surface area contributed by atoms with E-state index in [1.165, 1.54) is 22.4 Å². The van der Waals surface area contributed by atoms with Crippen molar-refractivity contribution in [2.45, 2.75) is 38.5 Å². The minimum Gasteiger partial charge on any atom is -0.354 e. The van der Waals surface area contributed by atoms with Crippen molar-refractivity contribution in [3.05, 3.63) is 47.3 Å². The van der Waals surface area contributed by atoms with Crippen molar-refractivity contribution < 1.29 is 9.59 Å². The monoisotopic (exact) mass is 396 g/mol. The molecule has 1 saturated carbocycles. The van der Waals surface area contributed by atoms with Crippen LogP contribution in [0.3, 0.4) is 0 Å². The van der Waals surface area contributed by atoms with Gasteiger partial charge in [0.25, 0.3) is 0 Å². The number of benzene rings is 1. The van der Waals surface area contributed by atoms with E-state index < -0.39 is 0 Å². The Labute approximate surface area is 170 Å². The Bertz CT molecular complexity index is 812. The maximum atomic E-state index is 13.1. The highest BCUT2D eigenvalue weighted by atomic mass is 32.1. The highest BCUT2D eigenvalue weighted by molar-refractivity contribution is 7.13. The van der Waals surface area contributed by atoms with Crippen LogP contribution in [0, 0.1) is 11.8 Å². The van der Waals surface area contributed by atoms with Crippen LogP contribution in [0.4, 0.5) is 0 Å². The Morgan fingerprint density at radius 2 is 1.93 bits per heavy atom. The molecule has 1 aliphatic heterocycles. The lowest BCUT2D eigenvalue weighted by molar-refractivity contribution is -0.137. The third-order valence-corrected chi connectivity index (χ3v) is 6.93. The molecule has 0 radical (unpaired) electrons. The molecule has 0 bridgehead atoms. The summed E-state index contributed by atoms with van der Waals surface area (Å²) >= 11 is 1.72. The summed E-state index contributed by atoms with van der Waals surface area (Å²) < 4.78 is 0. The highest BCUT2D eigenvalue weighted by Crippen LogP contribution is 2.30. The van der Waals surface area contributed by atoms with Crippen LogP contribution >= 0.6 is 11.3 Å². The number of nitrogens with zero attached hydrogens (tertiary/aromatic N) is 1. The lowest BCUT2D eigenvalue weighted by Gasteiger charge is -2.29. The molecule has 1 aliphatic carbocycles. The van der Waals surface area contributed by atoms with E-state index in [0.29, 0.717) is 26.1 Å². The molecule has 4 nitrogen and oxygen atoms in total. The van der Waals surface area contributed by atoms with Crippen molar-refractivity contribution in [2.75, 3.05) is 19.6 Å². The quantitative estimate of drug-likeness (QED) is 0.845. The first-order valence-corrected chi connectivity index (χ1v) is 11.3. The molecule has 2 heterocycles. The van der Waals surface area contributed by atoms with Crippen LogP contribution in [0.25, 0.3) is 10.4 Å². The van der Waals surface area contributed by atoms with E-state index in [-0.39, 0.29) is 23.7 Å². The van der Waals surface area contributed by atoms with Gasteiger partial charge in [-0.15, -0.1) is 11.3 Å². The van der Waals surface area contributed by atoms with Crippen molar-refractivity contribution in [3.63, 3.8) is 0 Å². The Morgan fingerprint density at radius 1 is 1.11 bits per heavy atom. The van der Waals surface area contributed by atoms with E-state index in [4.69, 9.17) is 0 Å². The topological polar surface area (TPSA) is 49.4 Å². The van der Waals surface area contributed by atoms with Crippen LogP contribution in [0.5, 0.6) is 0 Å². The molecule has 2 aromatic rings. The molecular formula is C23H28N2O2S.